The lowest BCUT2D eigenvalue weighted by Crippen LogP contribution is -2.30. The van der Waals surface area contributed by atoms with Crippen LogP contribution in [0.2, 0.25) is 5.02 Å². The molecular weight excluding hydrogens is 394 g/mol. The van der Waals surface area contributed by atoms with Gasteiger partial charge in [0.15, 0.2) is 0 Å². The van der Waals surface area contributed by atoms with Gasteiger partial charge in [0.2, 0.25) is 17.6 Å². The Morgan fingerprint density at radius 1 is 1.07 bits per heavy atom. The Labute approximate surface area is 173 Å². The molecule has 0 aliphatic rings. The molecule has 0 spiro atoms. The maximum atomic E-state index is 11.9. The van der Waals surface area contributed by atoms with Gasteiger partial charge in [0.1, 0.15) is 13.2 Å². The second kappa shape index (κ2) is 10.4. The number of rotatable bonds is 9. The summed E-state index contributed by atoms with van der Waals surface area (Å²) in [6.45, 7) is 0.0234. The van der Waals surface area contributed by atoms with Crippen molar-refractivity contribution in [2.45, 2.75) is 25.9 Å². The van der Waals surface area contributed by atoms with E-state index in [1.54, 1.807) is 24.3 Å². The van der Waals surface area contributed by atoms with Gasteiger partial charge >= 0.3 is 5.97 Å². The first-order valence-electron chi connectivity index (χ1n) is 9.15. The maximum absolute atomic E-state index is 11.9. The van der Waals surface area contributed by atoms with Crippen molar-refractivity contribution in [3.63, 3.8) is 0 Å². The number of nitrogens with one attached hydrogen (secondary N) is 1. The first kappa shape index (κ1) is 20.5. The molecule has 2 aromatic carbocycles. The summed E-state index contributed by atoms with van der Waals surface area (Å²) >= 11 is 5.86. The zero-order valence-electron chi connectivity index (χ0n) is 15.6. The van der Waals surface area contributed by atoms with Crippen molar-refractivity contribution in [2.75, 3.05) is 6.54 Å². The molecule has 0 radical (unpaired) electrons. The summed E-state index contributed by atoms with van der Waals surface area (Å²) in [5.41, 5.74) is 1.70. The van der Waals surface area contributed by atoms with Gasteiger partial charge in [0.05, 0.1) is 0 Å². The van der Waals surface area contributed by atoms with Crippen LogP contribution in [0.25, 0.3) is 11.4 Å². The minimum absolute atomic E-state index is 0.160. The number of esters is 1. The van der Waals surface area contributed by atoms with E-state index in [4.69, 9.17) is 20.9 Å². The highest BCUT2D eigenvalue weighted by molar-refractivity contribution is 6.30. The minimum Gasteiger partial charge on any atom is -0.460 e. The number of hydrogen-bond donors (Lipinski definition) is 1. The molecule has 29 heavy (non-hydrogen) atoms. The van der Waals surface area contributed by atoms with Crippen LogP contribution in [0.1, 0.15) is 24.3 Å². The van der Waals surface area contributed by atoms with E-state index in [1.165, 1.54) is 0 Å². The summed E-state index contributed by atoms with van der Waals surface area (Å²) in [6, 6.07) is 16.5. The van der Waals surface area contributed by atoms with Crippen molar-refractivity contribution in [1.82, 2.24) is 15.5 Å². The lowest BCUT2D eigenvalue weighted by molar-refractivity contribution is -0.145. The number of aromatic nitrogens is 2. The van der Waals surface area contributed by atoms with E-state index in [0.717, 1.165) is 11.1 Å². The van der Waals surface area contributed by atoms with Crippen LogP contribution in [-0.4, -0.2) is 28.6 Å². The van der Waals surface area contributed by atoms with E-state index in [0.29, 0.717) is 29.6 Å². The van der Waals surface area contributed by atoms with Crippen LogP contribution in [0.5, 0.6) is 0 Å². The third-order valence-electron chi connectivity index (χ3n) is 4.04. The quantitative estimate of drug-likeness (QED) is 0.539. The highest BCUT2D eigenvalue weighted by Crippen LogP contribution is 2.19. The molecule has 1 heterocycles. The molecule has 1 aromatic heterocycles. The van der Waals surface area contributed by atoms with Gasteiger partial charge in [-0.25, -0.2) is 0 Å². The van der Waals surface area contributed by atoms with Gasteiger partial charge in [0, 0.05) is 23.4 Å². The molecule has 1 N–H and O–H groups in total. The Bertz CT molecular complexity index is 942. The third-order valence-corrected chi connectivity index (χ3v) is 4.29. The van der Waals surface area contributed by atoms with E-state index < -0.39 is 5.97 Å². The topological polar surface area (TPSA) is 94.3 Å². The van der Waals surface area contributed by atoms with E-state index in [2.05, 4.69) is 15.5 Å². The third kappa shape index (κ3) is 6.73. The molecule has 3 rings (SSSR count). The Balaban J connectivity index is 1.33. The number of halogens is 1. The predicted octanol–water partition coefficient (Wildman–Crippen LogP) is 3.57. The number of amides is 1. The zero-order chi connectivity index (χ0) is 20.5. The predicted molar refractivity (Wildman–Crippen MR) is 107 cm³/mol. The number of ether oxygens (including phenoxy) is 1. The van der Waals surface area contributed by atoms with Crippen molar-refractivity contribution >= 4 is 23.5 Å². The average Bonchev–Trinajstić information content (AvgIpc) is 3.21. The van der Waals surface area contributed by atoms with Gasteiger partial charge < -0.3 is 14.6 Å². The molecule has 0 saturated carbocycles. The number of aryl methyl sites for hydroxylation is 1. The molecule has 0 fully saturated rings. The lowest BCUT2D eigenvalue weighted by atomic mass is 10.2. The summed E-state index contributed by atoms with van der Waals surface area (Å²) in [6.07, 6.45) is 1.23. The van der Waals surface area contributed by atoms with Crippen molar-refractivity contribution in [3.8, 4) is 11.4 Å². The normalized spacial score (nSPS) is 10.5. The van der Waals surface area contributed by atoms with Crippen LogP contribution >= 0.6 is 11.6 Å². The Morgan fingerprint density at radius 2 is 1.83 bits per heavy atom. The molecule has 7 nitrogen and oxygen atoms in total. The molecule has 0 atom stereocenters. The minimum atomic E-state index is -0.480. The monoisotopic (exact) mass is 413 g/mol. The first-order valence-corrected chi connectivity index (χ1v) is 9.53. The van der Waals surface area contributed by atoms with Gasteiger partial charge in [-0.1, -0.05) is 47.1 Å². The molecule has 0 unspecified atom stereocenters. The number of carbonyl (C=O) groups is 2. The highest BCUT2D eigenvalue weighted by Gasteiger charge is 2.11. The fourth-order valence-corrected chi connectivity index (χ4v) is 2.65. The number of carbonyl (C=O) groups excluding carboxylic acids is 2. The van der Waals surface area contributed by atoms with Crippen LogP contribution in [0.4, 0.5) is 0 Å². The number of benzene rings is 2. The van der Waals surface area contributed by atoms with Crippen molar-refractivity contribution in [2.24, 2.45) is 0 Å². The van der Waals surface area contributed by atoms with E-state index in [9.17, 15) is 9.59 Å². The van der Waals surface area contributed by atoms with Crippen LogP contribution in [0.3, 0.4) is 0 Å². The molecule has 0 bridgehead atoms. The highest BCUT2D eigenvalue weighted by atomic mass is 35.5. The lowest BCUT2D eigenvalue weighted by Gasteiger charge is -2.06. The van der Waals surface area contributed by atoms with Crippen LogP contribution in [-0.2, 0) is 27.4 Å². The Hall–Kier alpha value is -3.19. The van der Waals surface area contributed by atoms with Gasteiger partial charge in [-0.15, -0.1) is 0 Å². The SMILES string of the molecule is O=C(CCCc1nc(-c2ccc(Cl)cc2)no1)NCC(=O)OCc1ccccc1. The summed E-state index contributed by atoms with van der Waals surface area (Å²) in [5.74, 6) is 0.207. The summed E-state index contributed by atoms with van der Waals surface area (Å²) in [4.78, 5) is 27.9. The smallest absolute Gasteiger partial charge is 0.325 e. The molecule has 150 valence electrons. The molecule has 0 aliphatic heterocycles. The Morgan fingerprint density at radius 3 is 2.59 bits per heavy atom. The first-order chi connectivity index (χ1) is 14.1. The zero-order valence-corrected chi connectivity index (χ0v) is 16.4. The largest absolute Gasteiger partial charge is 0.460 e. The fourth-order valence-electron chi connectivity index (χ4n) is 2.52. The molecular formula is C21H20ClN3O4. The molecule has 0 aliphatic carbocycles. The number of hydrogen-bond acceptors (Lipinski definition) is 6. The second-order valence-electron chi connectivity index (χ2n) is 6.30. The summed E-state index contributed by atoms with van der Waals surface area (Å²) in [5, 5.41) is 7.11. The van der Waals surface area contributed by atoms with Crippen LogP contribution in [0, 0.1) is 0 Å². The van der Waals surface area contributed by atoms with Gasteiger partial charge in [-0.05, 0) is 36.2 Å². The fraction of sp³-hybridized carbons (Fsp3) is 0.238. The summed E-state index contributed by atoms with van der Waals surface area (Å²) in [7, 11) is 0. The molecule has 0 saturated heterocycles. The van der Waals surface area contributed by atoms with Crippen LogP contribution in [0.15, 0.2) is 59.1 Å². The summed E-state index contributed by atoms with van der Waals surface area (Å²) < 4.78 is 10.3. The Kier molecular flexibility index (Phi) is 7.35. The average molecular weight is 414 g/mol. The number of nitrogens with zero attached hydrogens (tertiary/aromatic N) is 2. The maximum Gasteiger partial charge on any atom is 0.325 e. The standard InChI is InChI=1S/C21H20ClN3O4/c22-17-11-9-16(10-12-17)21-24-19(29-25-21)8-4-7-18(26)23-13-20(27)28-14-15-5-2-1-3-6-15/h1-3,5-6,9-12H,4,7-8,13-14H2,(H,23,26). The van der Waals surface area contributed by atoms with Gasteiger partial charge in [-0.2, -0.15) is 4.98 Å². The van der Waals surface area contributed by atoms with Crippen molar-refractivity contribution < 1.29 is 18.8 Å². The van der Waals surface area contributed by atoms with E-state index >= 15 is 0 Å². The van der Waals surface area contributed by atoms with Gasteiger partial charge in [0.25, 0.3) is 0 Å². The second-order valence-corrected chi connectivity index (χ2v) is 6.73. The van der Waals surface area contributed by atoms with E-state index in [-0.39, 0.29) is 25.5 Å². The molecule has 1 amide bonds. The van der Waals surface area contributed by atoms with E-state index in [1.807, 2.05) is 30.3 Å². The van der Waals surface area contributed by atoms with Gasteiger partial charge in [-0.3, -0.25) is 9.59 Å². The van der Waals surface area contributed by atoms with Crippen molar-refractivity contribution in [3.05, 3.63) is 71.1 Å². The molecule has 8 heteroatoms. The molecule has 3 aromatic rings. The van der Waals surface area contributed by atoms with Crippen molar-refractivity contribution in [1.29, 1.82) is 0 Å². The van der Waals surface area contributed by atoms with Crippen LogP contribution < -0.4 is 5.32 Å².